The molecule has 0 saturated carbocycles. The number of thiophene rings is 1. The molecule has 0 saturated heterocycles. The van der Waals surface area contributed by atoms with Crippen molar-refractivity contribution in [1.29, 1.82) is 0 Å². The van der Waals surface area contributed by atoms with Crippen LogP contribution in [0, 0.1) is 6.92 Å². The highest BCUT2D eigenvalue weighted by molar-refractivity contribution is 7.13. The molecule has 19 heavy (non-hydrogen) atoms. The lowest BCUT2D eigenvalue weighted by molar-refractivity contribution is 0.0997. The Morgan fingerprint density at radius 3 is 2.37 bits per heavy atom. The molecule has 1 aromatic heterocycles. The molecule has 0 atom stereocenters. The lowest BCUT2D eigenvalue weighted by Crippen LogP contribution is -2.02. The number of Topliss-reactive ketones (excluding diaryl/α,β-unsaturated/α-hetero) is 1. The van der Waals surface area contributed by atoms with Gasteiger partial charge in [0.05, 0.1) is 9.90 Å². The summed E-state index contributed by atoms with van der Waals surface area (Å²) in [5.41, 5.74) is 3.31. The Kier molecular flexibility index (Phi) is 4.43. The molecular weight excluding hydrogens is 276 g/mol. The molecule has 2 aromatic rings. The summed E-state index contributed by atoms with van der Waals surface area (Å²) in [5.74, 6) is 0.611. The molecule has 0 bridgehead atoms. The maximum absolute atomic E-state index is 12.2. The van der Waals surface area contributed by atoms with Crippen molar-refractivity contribution >= 4 is 28.7 Å². The van der Waals surface area contributed by atoms with Crippen molar-refractivity contribution in [1.82, 2.24) is 0 Å². The van der Waals surface area contributed by atoms with Crippen LogP contribution < -0.4 is 0 Å². The van der Waals surface area contributed by atoms with E-state index in [0.29, 0.717) is 22.2 Å². The molecule has 1 heterocycles. The number of benzene rings is 1. The molecule has 0 aliphatic heterocycles. The molecule has 0 aliphatic carbocycles. The van der Waals surface area contributed by atoms with Crippen molar-refractivity contribution in [3.05, 3.63) is 56.2 Å². The van der Waals surface area contributed by atoms with Crippen LogP contribution >= 0.6 is 22.9 Å². The van der Waals surface area contributed by atoms with Gasteiger partial charge in [0, 0.05) is 6.42 Å². The van der Waals surface area contributed by atoms with Crippen molar-refractivity contribution < 1.29 is 4.79 Å². The van der Waals surface area contributed by atoms with Crippen LogP contribution in [-0.2, 0) is 6.42 Å². The topological polar surface area (TPSA) is 17.1 Å². The standard InChI is InChI=1S/C16H17ClOS/c1-10(2)13-6-4-12(5-7-13)8-14(18)16-15(17)11(3)9-19-16/h4-7,9-10H,8H2,1-3H3. The third-order valence-corrected chi connectivity index (χ3v) is 4.90. The molecule has 0 unspecified atom stereocenters. The van der Waals surface area contributed by atoms with Crippen molar-refractivity contribution in [2.45, 2.75) is 33.1 Å². The molecule has 0 fully saturated rings. The molecule has 0 radical (unpaired) electrons. The van der Waals surface area contributed by atoms with E-state index in [-0.39, 0.29) is 5.78 Å². The van der Waals surface area contributed by atoms with Gasteiger partial charge in [0.1, 0.15) is 0 Å². The number of ketones is 1. The fourth-order valence-corrected chi connectivity index (χ4v) is 3.14. The first-order valence-electron chi connectivity index (χ1n) is 6.34. The SMILES string of the molecule is Cc1csc(C(=O)Cc2ccc(C(C)C)cc2)c1Cl. The highest BCUT2D eigenvalue weighted by Crippen LogP contribution is 2.28. The zero-order chi connectivity index (χ0) is 14.0. The number of hydrogen-bond donors (Lipinski definition) is 0. The van der Waals surface area contributed by atoms with Gasteiger partial charge in [0.25, 0.3) is 0 Å². The summed E-state index contributed by atoms with van der Waals surface area (Å²) in [7, 11) is 0. The minimum atomic E-state index is 0.0976. The van der Waals surface area contributed by atoms with Crippen molar-refractivity contribution in [2.24, 2.45) is 0 Å². The van der Waals surface area contributed by atoms with Crippen LogP contribution in [0.25, 0.3) is 0 Å². The fourth-order valence-electron chi connectivity index (χ4n) is 1.90. The van der Waals surface area contributed by atoms with E-state index < -0.39 is 0 Å². The van der Waals surface area contributed by atoms with Crippen LogP contribution in [0.15, 0.2) is 29.6 Å². The molecule has 1 aromatic carbocycles. The first kappa shape index (κ1) is 14.3. The summed E-state index contributed by atoms with van der Waals surface area (Å²) >= 11 is 7.56. The summed E-state index contributed by atoms with van der Waals surface area (Å²) in [6, 6.07) is 8.24. The van der Waals surface area contributed by atoms with E-state index in [4.69, 9.17) is 11.6 Å². The van der Waals surface area contributed by atoms with E-state index in [9.17, 15) is 4.79 Å². The van der Waals surface area contributed by atoms with Crippen LogP contribution in [0.3, 0.4) is 0 Å². The summed E-state index contributed by atoms with van der Waals surface area (Å²) in [4.78, 5) is 12.9. The second-order valence-electron chi connectivity index (χ2n) is 5.06. The van der Waals surface area contributed by atoms with Gasteiger partial charge >= 0.3 is 0 Å². The molecule has 2 rings (SSSR count). The summed E-state index contributed by atoms with van der Waals surface area (Å²) in [6.45, 7) is 6.25. The zero-order valence-corrected chi connectivity index (χ0v) is 12.9. The smallest absolute Gasteiger partial charge is 0.178 e. The van der Waals surface area contributed by atoms with Crippen LogP contribution in [0.5, 0.6) is 0 Å². The van der Waals surface area contributed by atoms with E-state index in [1.54, 1.807) is 0 Å². The van der Waals surface area contributed by atoms with Crippen molar-refractivity contribution in [3.8, 4) is 0 Å². The van der Waals surface area contributed by atoms with Crippen molar-refractivity contribution in [3.63, 3.8) is 0 Å². The molecule has 100 valence electrons. The Bertz CT molecular complexity index is 581. The number of aryl methyl sites for hydroxylation is 1. The van der Waals surface area contributed by atoms with E-state index in [1.807, 2.05) is 24.4 Å². The van der Waals surface area contributed by atoms with E-state index in [2.05, 4.69) is 26.0 Å². The van der Waals surface area contributed by atoms with Crippen LogP contribution in [-0.4, -0.2) is 5.78 Å². The summed E-state index contributed by atoms with van der Waals surface area (Å²) in [6.07, 6.45) is 0.415. The van der Waals surface area contributed by atoms with Gasteiger partial charge in [0.2, 0.25) is 0 Å². The highest BCUT2D eigenvalue weighted by Gasteiger charge is 2.15. The van der Waals surface area contributed by atoms with Gasteiger partial charge in [-0.2, -0.15) is 0 Å². The van der Waals surface area contributed by atoms with Gasteiger partial charge in [-0.15, -0.1) is 11.3 Å². The Morgan fingerprint density at radius 1 is 1.26 bits per heavy atom. The number of carbonyl (C=O) groups is 1. The minimum Gasteiger partial charge on any atom is -0.293 e. The van der Waals surface area contributed by atoms with Crippen molar-refractivity contribution in [2.75, 3.05) is 0 Å². The largest absolute Gasteiger partial charge is 0.293 e. The number of hydrogen-bond acceptors (Lipinski definition) is 2. The lowest BCUT2D eigenvalue weighted by Gasteiger charge is -2.06. The number of rotatable bonds is 4. The lowest BCUT2D eigenvalue weighted by atomic mass is 10.00. The average Bonchev–Trinajstić information content (AvgIpc) is 2.70. The average molecular weight is 293 g/mol. The molecule has 3 heteroatoms. The number of carbonyl (C=O) groups excluding carboxylic acids is 1. The van der Waals surface area contributed by atoms with Gasteiger partial charge in [-0.05, 0) is 34.9 Å². The predicted octanol–water partition coefficient (Wildman–Crippen LogP) is 5.26. The molecule has 0 N–H and O–H groups in total. The van der Waals surface area contributed by atoms with E-state index >= 15 is 0 Å². The Labute approximate surface area is 123 Å². The minimum absolute atomic E-state index is 0.0976. The first-order valence-corrected chi connectivity index (χ1v) is 7.60. The fraction of sp³-hybridized carbons (Fsp3) is 0.312. The Morgan fingerprint density at radius 2 is 1.89 bits per heavy atom. The predicted molar refractivity (Wildman–Crippen MR) is 82.6 cm³/mol. The van der Waals surface area contributed by atoms with Crippen LogP contribution in [0.4, 0.5) is 0 Å². The third-order valence-electron chi connectivity index (χ3n) is 3.16. The normalized spacial score (nSPS) is 11.0. The Hall–Kier alpha value is -1.12. The second kappa shape index (κ2) is 5.89. The van der Waals surface area contributed by atoms with Gasteiger partial charge in [-0.25, -0.2) is 0 Å². The van der Waals surface area contributed by atoms with Gasteiger partial charge in [-0.1, -0.05) is 49.7 Å². The van der Waals surface area contributed by atoms with E-state index in [1.165, 1.54) is 16.9 Å². The number of halogens is 1. The maximum atomic E-state index is 12.2. The zero-order valence-electron chi connectivity index (χ0n) is 11.4. The maximum Gasteiger partial charge on any atom is 0.178 e. The second-order valence-corrected chi connectivity index (χ2v) is 6.32. The molecule has 0 aliphatic rings. The first-order chi connectivity index (χ1) is 8.99. The third kappa shape index (κ3) is 3.26. The highest BCUT2D eigenvalue weighted by atomic mass is 35.5. The molecule has 0 spiro atoms. The Balaban J connectivity index is 2.13. The van der Waals surface area contributed by atoms with Crippen LogP contribution in [0.2, 0.25) is 5.02 Å². The monoisotopic (exact) mass is 292 g/mol. The quantitative estimate of drug-likeness (QED) is 0.703. The summed E-state index contributed by atoms with van der Waals surface area (Å²) in [5, 5.41) is 2.53. The van der Waals surface area contributed by atoms with Gasteiger partial charge < -0.3 is 0 Å². The molecule has 0 amide bonds. The van der Waals surface area contributed by atoms with Crippen LogP contribution in [0.1, 0.15) is 46.1 Å². The van der Waals surface area contributed by atoms with Gasteiger partial charge in [-0.3, -0.25) is 4.79 Å². The van der Waals surface area contributed by atoms with E-state index in [0.717, 1.165) is 11.1 Å². The molecule has 1 nitrogen and oxygen atoms in total. The van der Waals surface area contributed by atoms with Gasteiger partial charge in [0.15, 0.2) is 5.78 Å². The summed E-state index contributed by atoms with van der Waals surface area (Å²) < 4.78 is 0. The molecular formula is C16H17ClOS.